The predicted octanol–water partition coefficient (Wildman–Crippen LogP) is 2.71. The maximum atomic E-state index is 12.7. The van der Waals surface area contributed by atoms with E-state index in [4.69, 9.17) is 0 Å². The monoisotopic (exact) mass is 278 g/mol. The lowest BCUT2D eigenvalue weighted by atomic mass is 10.2. The molecule has 0 aliphatic heterocycles. The third kappa shape index (κ3) is 3.53. The van der Waals surface area contributed by atoms with Crippen molar-refractivity contribution < 1.29 is 30.2 Å². The van der Waals surface area contributed by atoms with E-state index in [1.165, 1.54) is 0 Å². The van der Waals surface area contributed by atoms with Gasteiger partial charge in [-0.1, -0.05) is 0 Å². The molecule has 0 aromatic heterocycles. The Bertz CT molecular complexity index is 497. The first-order chi connectivity index (χ1) is 7.09. The van der Waals surface area contributed by atoms with Crippen molar-refractivity contribution in [2.75, 3.05) is 0 Å². The lowest BCUT2D eigenvalue weighted by molar-refractivity contribution is -0.140. The second kappa shape index (κ2) is 4.10. The van der Waals surface area contributed by atoms with Crippen LogP contribution in [0.25, 0.3) is 0 Å². The molecule has 1 rings (SSSR count). The first-order valence-corrected chi connectivity index (χ1v) is 5.84. The van der Waals surface area contributed by atoms with Crippen molar-refractivity contribution in [3.63, 3.8) is 0 Å². The van der Waals surface area contributed by atoms with E-state index in [2.05, 4.69) is 14.9 Å². The minimum absolute atomic E-state index is 0.204. The second-order valence-corrected chi connectivity index (χ2v) is 4.70. The molecule has 0 N–H and O–H groups in total. The van der Waals surface area contributed by atoms with Crippen LogP contribution in [0.3, 0.4) is 0 Å². The third-order valence-electron chi connectivity index (χ3n) is 1.44. The maximum Gasteiger partial charge on any atom is 0.419 e. The third-order valence-corrected chi connectivity index (χ3v) is 2.02. The molecule has 16 heavy (non-hydrogen) atoms. The van der Waals surface area contributed by atoms with Crippen molar-refractivity contribution in [2.24, 2.45) is 0 Å². The Morgan fingerprint density at radius 3 is 2.25 bits per heavy atom. The Morgan fingerprint density at radius 2 is 1.81 bits per heavy atom. The topological polar surface area (TPSA) is 43.4 Å². The number of halogens is 5. The van der Waals surface area contributed by atoms with Crippen molar-refractivity contribution in [1.82, 2.24) is 0 Å². The van der Waals surface area contributed by atoms with Gasteiger partial charge < -0.3 is 4.18 Å². The highest BCUT2D eigenvalue weighted by Crippen LogP contribution is 2.33. The van der Waals surface area contributed by atoms with Gasteiger partial charge in [-0.25, -0.2) is 4.39 Å². The standard InChI is InChI=1S/C7H3ClF4O3S/c8-16(13,14)15-4-1-2-6(9)5(3-4)7(10,11)12/h1-3H. The van der Waals surface area contributed by atoms with Crippen LogP contribution in [0, 0.1) is 5.82 Å². The molecule has 0 radical (unpaired) electrons. The van der Waals surface area contributed by atoms with Crippen molar-refractivity contribution in [1.29, 1.82) is 0 Å². The maximum absolute atomic E-state index is 12.7. The van der Waals surface area contributed by atoms with Crippen molar-refractivity contribution >= 4 is 20.0 Å². The Balaban J connectivity index is 3.18. The molecule has 0 aliphatic carbocycles. The van der Waals surface area contributed by atoms with Crippen LogP contribution in [0.15, 0.2) is 18.2 Å². The van der Waals surface area contributed by atoms with Gasteiger partial charge in [0, 0.05) is 0 Å². The van der Waals surface area contributed by atoms with Gasteiger partial charge in [-0.05, 0) is 18.2 Å². The summed E-state index contributed by atoms with van der Waals surface area (Å²) in [5, 5.41) is 0. The number of hydrogen-bond donors (Lipinski definition) is 0. The molecule has 0 spiro atoms. The predicted molar refractivity (Wildman–Crippen MR) is 46.8 cm³/mol. The minimum atomic E-state index is -4.94. The summed E-state index contributed by atoms with van der Waals surface area (Å²) in [4.78, 5) is 0. The summed E-state index contributed by atoms with van der Waals surface area (Å²) >= 11 is 0. The van der Waals surface area contributed by atoms with Gasteiger partial charge in [-0.2, -0.15) is 21.6 Å². The molecular weight excluding hydrogens is 276 g/mol. The molecule has 1 aromatic rings. The van der Waals surface area contributed by atoms with Crippen molar-refractivity contribution in [3.8, 4) is 5.75 Å². The summed E-state index contributed by atoms with van der Waals surface area (Å²) in [5.74, 6) is -2.25. The first-order valence-electron chi connectivity index (χ1n) is 3.60. The normalized spacial score (nSPS) is 12.6. The van der Waals surface area contributed by atoms with E-state index in [1.807, 2.05) is 0 Å². The van der Waals surface area contributed by atoms with Crippen LogP contribution < -0.4 is 4.18 Å². The number of hydrogen-bond acceptors (Lipinski definition) is 3. The van der Waals surface area contributed by atoms with Gasteiger partial charge in [0.15, 0.2) is 0 Å². The molecule has 90 valence electrons. The van der Waals surface area contributed by atoms with Crippen LogP contribution in [0.1, 0.15) is 5.56 Å². The minimum Gasteiger partial charge on any atom is -0.371 e. The molecule has 0 bridgehead atoms. The van der Waals surface area contributed by atoms with Crippen LogP contribution >= 0.6 is 10.7 Å². The van der Waals surface area contributed by atoms with E-state index in [0.29, 0.717) is 12.1 Å². The summed E-state index contributed by atoms with van der Waals surface area (Å²) in [6.45, 7) is 0. The van der Waals surface area contributed by atoms with Crippen LogP contribution in [-0.2, 0) is 15.5 Å². The lowest BCUT2D eigenvalue weighted by Gasteiger charge is -2.09. The van der Waals surface area contributed by atoms with Gasteiger partial charge >= 0.3 is 15.5 Å². The Kier molecular flexibility index (Phi) is 3.34. The first kappa shape index (κ1) is 13.0. The highest BCUT2D eigenvalue weighted by Gasteiger charge is 2.34. The molecule has 0 heterocycles. The molecule has 0 amide bonds. The second-order valence-electron chi connectivity index (χ2n) is 2.62. The van der Waals surface area contributed by atoms with Crippen LogP contribution in [-0.4, -0.2) is 8.42 Å². The van der Waals surface area contributed by atoms with E-state index in [1.54, 1.807) is 0 Å². The molecule has 0 saturated heterocycles. The SMILES string of the molecule is O=S(=O)(Cl)Oc1ccc(F)c(C(F)(F)F)c1. The number of alkyl halides is 3. The molecule has 0 fully saturated rings. The van der Waals surface area contributed by atoms with Gasteiger partial charge in [0.25, 0.3) is 0 Å². The van der Waals surface area contributed by atoms with Gasteiger partial charge in [-0.3, -0.25) is 0 Å². The lowest BCUT2D eigenvalue weighted by Crippen LogP contribution is -2.09. The highest BCUT2D eigenvalue weighted by atomic mass is 35.7. The molecule has 0 unspecified atom stereocenters. The summed E-state index contributed by atoms with van der Waals surface area (Å²) in [6, 6.07) is 1.35. The van der Waals surface area contributed by atoms with Crippen LogP contribution in [0.5, 0.6) is 5.75 Å². The van der Waals surface area contributed by atoms with Crippen molar-refractivity contribution in [3.05, 3.63) is 29.6 Å². The van der Waals surface area contributed by atoms with Gasteiger partial charge in [0.1, 0.15) is 11.6 Å². The fourth-order valence-electron chi connectivity index (χ4n) is 0.888. The largest absolute Gasteiger partial charge is 0.419 e. The van der Waals surface area contributed by atoms with E-state index >= 15 is 0 Å². The summed E-state index contributed by atoms with van der Waals surface area (Å²) in [7, 11) is 0.179. The fraction of sp³-hybridized carbons (Fsp3) is 0.143. The van der Waals surface area contributed by atoms with Gasteiger partial charge in [0.2, 0.25) is 0 Å². The number of benzene rings is 1. The summed E-state index contributed by atoms with van der Waals surface area (Å²) < 4.78 is 74.1. The molecule has 0 saturated carbocycles. The highest BCUT2D eigenvalue weighted by molar-refractivity contribution is 8.10. The molecule has 0 aliphatic rings. The quantitative estimate of drug-likeness (QED) is 0.617. The van der Waals surface area contributed by atoms with Crippen molar-refractivity contribution in [2.45, 2.75) is 6.18 Å². The zero-order chi connectivity index (χ0) is 12.6. The Morgan fingerprint density at radius 1 is 1.25 bits per heavy atom. The van der Waals surface area contributed by atoms with E-state index < -0.39 is 32.6 Å². The zero-order valence-corrected chi connectivity index (χ0v) is 8.83. The van der Waals surface area contributed by atoms with Gasteiger partial charge in [-0.15, -0.1) is 0 Å². The summed E-state index contributed by atoms with van der Waals surface area (Å²) in [5.41, 5.74) is -1.63. The molecule has 3 nitrogen and oxygen atoms in total. The van der Waals surface area contributed by atoms with E-state index in [0.717, 1.165) is 0 Å². The smallest absolute Gasteiger partial charge is 0.371 e. The number of rotatable bonds is 2. The van der Waals surface area contributed by atoms with Crippen LogP contribution in [0.2, 0.25) is 0 Å². The van der Waals surface area contributed by atoms with E-state index in [9.17, 15) is 26.0 Å². The average Bonchev–Trinajstić information content (AvgIpc) is 2.04. The van der Waals surface area contributed by atoms with E-state index in [-0.39, 0.29) is 6.07 Å². The molecular formula is C7H3ClF4O3S. The van der Waals surface area contributed by atoms with Crippen LogP contribution in [0.4, 0.5) is 17.6 Å². The Labute approximate surface area is 92.2 Å². The molecule has 9 heteroatoms. The Hall–Kier alpha value is -1.02. The zero-order valence-electron chi connectivity index (χ0n) is 7.25. The molecule has 0 atom stereocenters. The molecule has 1 aromatic carbocycles. The van der Waals surface area contributed by atoms with Gasteiger partial charge in [0.05, 0.1) is 16.2 Å². The summed E-state index contributed by atoms with van der Waals surface area (Å²) in [6.07, 6.45) is -4.94. The average molecular weight is 279 g/mol. The fourth-order valence-corrected chi connectivity index (χ4v) is 1.44.